The molecular weight excluding hydrogens is 192 g/mol. The normalized spacial score (nSPS) is 10.5. The summed E-state index contributed by atoms with van der Waals surface area (Å²) < 4.78 is 0. The van der Waals surface area contributed by atoms with E-state index in [1.165, 1.54) is 12.2 Å². The van der Waals surface area contributed by atoms with E-state index in [4.69, 9.17) is 4.84 Å². The molecule has 0 atom stereocenters. The molecule has 0 aromatic carbocycles. The Labute approximate surface area is 89.8 Å². The van der Waals surface area contributed by atoms with Gasteiger partial charge in [0.1, 0.15) is 0 Å². The van der Waals surface area contributed by atoms with E-state index in [0.29, 0.717) is 11.5 Å². The minimum absolute atomic E-state index is 0.194. The lowest BCUT2D eigenvalue weighted by Crippen LogP contribution is -2.25. The number of rotatable bonds is 3. The summed E-state index contributed by atoms with van der Waals surface area (Å²) in [7, 11) is 3.02. The molecular formula is C11H16N2O2. The van der Waals surface area contributed by atoms with Gasteiger partial charge in [-0.1, -0.05) is 13.8 Å². The highest BCUT2D eigenvalue weighted by Crippen LogP contribution is 2.12. The Morgan fingerprint density at radius 1 is 1.47 bits per heavy atom. The van der Waals surface area contributed by atoms with Crippen LogP contribution < -0.4 is 0 Å². The molecule has 0 fully saturated rings. The summed E-state index contributed by atoms with van der Waals surface area (Å²) in [4.78, 5) is 20.6. The van der Waals surface area contributed by atoms with E-state index < -0.39 is 0 Å². The molecule has 1 amide bonds. The zero-order valence-corrected chi connectivity index (χ0v) is 9.52. The zero-order chi connectivity index (χ0) is 11.4. The van der Waals surface area contributed by atoms with Gasteiger partial charge >= 0.3 is 0 Å². The summed E-state index contributed by atoms with van der Waals surface area (Å²) in [6.45, 7) is 4.12. The standard InChI is InChI=1S/C11H16N2O2/c1-8(2)10-6-5-9(7-12-10)11(14)13(3)15-4/h5-8H,1-4H3. The van der Waals surface area contributed by atoms with Crippen molar-refractivity contribution in [2.75, 3.05) is 14.2 Å². The Kier molecular flexibility index (Phi) is 3.80. The van der Waals surface area contributed by atoms with Crippen molar-refractivity contribution in [1.82, 2.24) is 10.0 Å². The average Bonchev–Trinajstić information content (AvgIpc) is 2.27. The Morgan fingerprint density at radius 3 is 2.53 bits per heavy atom. The van der Waals surface area contributed by atoms with Crippen LogP contribution in [0.25, 0.3) is 0 Å². The van der Waals surface area contributed by atoms with E-state index in [2.05, 4.69) is 18.8 Å². The molecule has 4 heteroatoms. The van der Waals surface area contributed by atoms with Crippen molar-refractivity contribution in [2.24, 2.45) is 0 Å². The first kappa shape index (κ1) is 11.7. The molecule has 1 rings (SSSR count). The van der Waals surface area contributed by atoms with Crippen molar-refractivity contribution in [3.05, 3.63) is 29.6 Å². The van der Waals surface area contributed by atoms with Gasteiger partial charge in [0.2, 0.25) is 0 Å². The smallest absolute Gasteiger partial charge is 0.274 e. The molecule has 0 spiro atoms. The minimum atomic E-state index is -0.194. The summed E-state index contributed by atoms with van der Waals surface area (Å²) in [6.07, 6.45) is 1.58. The molecule has 0 aliphatic carbocycles. The summed E-state index contributed by atoms with van der Waals surface area (Å²) in [5.74, 6) is 0.176. The highest BCUT2D eigenvalue weighted by molar-refractivity contribution is 5.92. The summed E-state index contributed by atoms with van der Waals surface area (Å²) in [5.41, 5.74) is 1.51. The molecule has 1 aromatic heterocycles. The average molecular weight is 208 g/mol. The number of nitrogens with zero attached hydrogens (tertiary/aromatic N) is 2. The molecule has 0 saturated carbocycles. The van der Waals surface area contributed by atoms with Gasteiger partial charge in [0.25, 0.3) is 5.91 Å². The molecule has 0 saturated heterocycles. The predicted octanol–water partition coefficient (Wildman–Crippen LogP) is 1.84. The number of amides is 1. The van der Waals surface area contributed by atoms with Gasteiger partial charge in [-0.2, -0.15) is 0 Å². The monoisotopic (exact) mass is 208 g/mol. The van der Waals surface area contributed by atoms with Crippen molar-refractivity contribution in [1.29, 1.82) is 0 Å². The highest BCUT2D eigenvalue weighted by Gasteiger charge is 2.11. The van der Waals surface area contributed by atoms with Gasteiger partial charge in [-0.15, -0.1) is 0 Å². The number of hydroxylamine groups is 2. The molecule has 0 aliphatic rings. The third-order valence-electron chi connectivity index (χ3n) is 2.18. The number of aromatic nitrogens is 1. The van der Waals surface area contributed by atoms with Gasteiger partial charge in [-0.05, 0) is 18.1 Å². The number of carbonyl (C=O) groups is 1. The van der Waals surface area contributed by atoms with Crippen LogP contribution in [0.15, 0.2) is 18.3 Å². The van der Waals surface area contributed by atoms with Crippen LogP contribution in [-0.2, 0) is 4.84 Å². The van der Waals surface area contributed by atoms with Gasteiger partial charge in [0.15, 0.2) is 0 Å². The summed E-state index contributed by atoms with van der Waals surface area (Å²) >= 11 is 0. The predicted molar refractivity (Wildman–Crippen MR) is 57.4 cm³/mol. The Morgan fingerprint density at radius 2 is 2.13 bits per heavy atom. The van der Waals surface area contributed by atoms with E-state index in [1.54, 1.807) is 19.3 Å². The van der Waals surface area contributed by atoms with Gasteiger partial charge in [0, 0.05) is 18.9 Å². The molecule has 82 valence electrons. The molecule has 0 radical (unpaired) electrons. The fourth-order valence-corrected chi connectivity index (χ4v) is 1.14. The molecule has 0 N–H and O–H groups in total. The number of hydrogen-bond donors (Lipinski definition) is 0. The summed E-state index contributed by atoms with van der Waals surface area (Å²) in [6, 6.07) is 3.63. The van der Waals surface area contributed by atoms with Crippen LogP contribution in [0.3, 0.4) is 0 Å². The molecule has 0 unspecified atom stereocenters. The van der Waals surface area contributed by atoms with Gasteiger partial charge in [0.05, 0.1) is 12.7 Å². The second-order valence-corrected chi connectivity index (χ2v) is 3.61. The van der Waals surface area contributed by atoms with Crippen LogP contribution in [0.2, 0.25) is 0 Å². The van der Waals surface area contributed by atoms with E-state index in [1.807, 2.05) is 6.07 Å². The fraction of sp³-hybridized carbons (Fsp3) is 0.455. The fourth-order valence-electron chi connectivity index (χ4n) is 1.14. The number of pyridine rings is 1. The zero-order valence-electron chi connectivity index (χ0n) is 9.52. The molecule has 4 nitrogen and oxygen atoms in total. The van der Waals surface area contributed by atoms with Crippen LogP contribution in [0.4, 0.5) is 0 Å². The van der Waals surface area contributed by atoms with Crippen LogP contribution in [0.1, 0.15) is 35.8 Å². The topological polar surface area (TPSA) is 42.4 Å². The van der Waals surface area contributed by atoms with Crippen LogP contribution >= 0.6 is 0 Å². The van der Waals surface area contributed by atoms with Crippen molar-refractivity contribution in [2.45, 2.75) is 19.8 Å². The van der Waals surface area contributed by atoms with Crippen molar-refractivity contribution in [3.8, 4) is 0 Å². The lowest BCUT2D eigenvalue weighted by molar-refractivity contribution is -0.0757. The largest absolute Gasteiger partial charge is 0.278 e. The maximum absolute atomic E-state index is 11.6. The van der Waals surface area contributed by atoms with E-state index in [-0.39, 0.29) is 5.91 Å². The first-order chi connectivity index (χ1) is 7.06. The molecule has 1 heterocycles. The number of carbonyl (C=O) groups excluding carboxylic acids is 1. The second-order valence-electron chi connectivity index (χ2n) is 3.61. The first-order valence-corrected chi connectivity index (χ1v) is 4.84. The lowest BCUT2D eigenvalue weighted by atomic mass is 10.1. The maximum atomic E-state index is 11.6. The maximum Gasteiger partial charge on any atom is 0.278 e. The minimum Gasteiger partial charge on any atom is -0.274 e. The quantitative estimate of drug-likeness (QED) is 0.712. The Hall–Kier alpha value is -1.42. The van der Waals surface area contributed by atoms with Gasteiger partial charge in [-0.3, -0.25) is 14.6 Å². The van der Waals surface area contributed by atoms with Crippen LogP contribution in [0, 0.1) is 0 Å². The van der Waals surface area contributed by atoms with Crippen LogP contribution in [0.5, 0.6) is 0 Å². The number of hydrogen-bond acceptors (Lipinski definition) is 3. The lowest BCUT2D eigenvalue weighted by Gasteiger charge is -2.13. The van der Waals surface area contributed by atoms with E-state index in [0.717, 1.165) is 5.69 Å². The summed E-state index contributed by atoms with van der Waals surface area (Å²) in [5, 5.41) is 1.17. The Bertz CT molecular complexity index is 333. The van der Waals surface area contributed by atoms with Crippen molar-refractivity contribution < 1.29 is 9.63 Å². The van der Waals surface area contributed by atoms with E-state index >= 15 is 0 Å². The highest BCUT2D eigenvalue weighted by atomic mass is 16.7. The molecule has 0 aliphatic heterocycles. The second kappa shape index (κ2) is 4.89. The molecule has 0 bridgehead atoms. The molecule has 15 heavy (non-hydrogen) atoms. The third-order valence-corrected chi connectivity index (χ3v) is 2.18. The Balaban J connectivity index is 2.84. The van der Waals surface area contributed by atoms with Gasteiger partial charge < -0.3 is 0 Å². The van der Waals surface area contributed by atoms with E-state index in [9.17, 15) is 4.79 Å². The van der Waals surface area contributed by atoms with Crippen molar-refractivity contribution >= 4 is 5.91 Å². The van der Waals surface area contributed by atoms with Gasteiger partial charge in [-0.25, -0.2) is 5.06 Å². The first-order valence-electron chi connectivity index (χ1n) is 4.84. The van der Waals surface area contributed by atoms with Crippen LogP contribution in [-0.4, -0.2) is 30.1 Å². The van der Waals surface area contributed by atoms with Crippen molar-refractivity contribution in [3.63, 3.8) is 0 Å². The molecule has 1 aromatic rings. The SMILES string of the molecule is CON(C)C(=O)c1ccc(C(C)C)nc1. The third kappa shape index (κ3) is 2.76.